The lowest BCUT2D eigenvalue weighted by Crippen LogP contribution is -2.26. The van der Waals surface area contributed by atoms with Crippen LogP contribution in [-0.4, -0.2) is 53.2 Å². The molecule has 1 aliphatic rings. The number of sulfonamides is 1. The van der Waals surface area contributed by atoms with E-state index in [4.69, 9.17) is 18.9 Å². The van der Waals surface area contributed by atoms with Crippen LogP contribution in [0, 0.1) is 0 Å². The molecule has 0 amide bonds. The van der Waals surface area contributed by atoms with Crippen molar-refractivity contribution in [2.24, 2.45) is 5.10 Å². The Hall–Kier alpha value is -2.94. The number of para-hydroxylation sites is 1. The molecule has 1 heterocycles. The van der Waals surface area contributed by atoms with Gasteiger partial charge in [-0.3, -0.25) is 0 Å². The van der Waals surface area contributed by atoms with Gasteiger partial charge in [-0.1, -0.05) is 12.1 Å². The van der Waals surface area contributed by atoms with Crippen molar-refractivity contribution in [2.75, 3.05) is 34.7 Å². The lowest BCUT2D eigenvalue weighted by Gasteiger charge is -2.24. The molecule has 156 valence electrons. The minimum absolute atomic E-state index is 0.347. The first kappa shape index (κ1) is 20.8. The van der Waals surface area contributed by atoms with Gasteiger partial charge in [-0.15, -0.1) is 0 Å². The molecule has 0 fully saturated rings. The maximum Gasteiger partial charge on any atom is 0.247 e. The summed E-state index contributed by atoms with van der Waals surface area (Å²) in [7, 11) is 2.54. The molecule has 2 aromatic rings. The third-order valence-electron chi connectivity index (χ3n) is 4.72. The monoisotopic (exact) mass is 420 g/mol. The molecular weight excluding hydrogens is 396 g/mol. The van der Waals surface area contributed by atoms with Gasteiger partial charge in [0.2, 0.25) is 10.0 Å². The van der Waals surface area contributed by atoms with Crippen LogP contribution in [0.4, 0.5) is 0 Å². The lowest BCUT2D eigenvalue weighted by molar-refractivity contribution is 0.329. The largest absolute Gasteiger partial charge is 0.497 e. The van der Waals surface area contributed by atoms with Gasteiger partial charge in [-0.2, -0.15) is 9.52 Å². The molecule has 1 atom stereocenters. The molecule has 0 spiro atoms. The second-order valence-electron chi connectivity index (χ2n) is 6.45. The minimum Gasteiger partial charge on any atom is -0.497 e. The Kier molecular flexibility index (Phi) is 5.88. The van der Waals surface area contributed by atoms with Gasteiger partial charge in [0.15, 0.2) is 11.5 Å². The second-order valence-corrected chi connectivity index (χ2v) is 8.29. The Bertz CT molecular complexity index is 1040. The summed E-state index contributed by atoms with van der Waals surface area (Å²) in [5.74, 6) is 2.19. The molecule has 1 aliphatic heterocycles. The third-order valence-corrected chi connectivity index (χ3v) is 5.74. The van der Waals surface area contributed by atoms with E-state index in [2.05, 4.69) is 5.10 Å². The summed E-state index contributed by atoms with van der Waals surface area (Å²) < 4.78 is 47.7. The van der Waals surface area contributed by atoms with Gasteiger partial charge in [0.25, 0.3) is 0 Å². The summed E-state index contributed by atoms with van der Waals surface area (Å²) in [6.45, 7) is 0. The molecular formula is C20H24N2O6S. The van der Waals surface area contributed by atoms with Crippen molar-refractivity contribution in [2.45, 2.75) is 12.5 Å². The maximum atomic E-state index is 12.5. The summed E-state index contributed by atoms with van der Waals surface area (Å²) in [5.41, 5.74) is 1.96. The number of ether oxygens (including phenoxy) is 4. The van der Waals surface area contributed by atoms with Crippen molar-refractivity contribution in [1.29, 1.82) is 0 Å². The number of nitrogens with zero attached hydrogens (tertiary/aromatic N) is 2. The van der Waals surface area contributed by atoms with Gasteiger partial charge in [-0.25, -0.2) is 8.42 Å². The fraction of sp³-hybridized carbons (Fsp3) is 0.350. The molecule has 0 saturated carbocycles. The molecule has 3 rings (SSSR count). The third kappa shape index (κ3) is 3.95. The van der Waals surface area contributed by atoms with Crippen molar-refractivity contribution in [3.8, 4) is 23.0 Å². The molecule has 8 nitrogen and oxygen atoms in total. The highest BCUT2D eigenvalue weighted by Crippen LogP contribution is 2.43. The molecule has 0 radical (unpaired) electrons. The zero-order valence-corrected chi connectivity index (χ0v) is 17.8. The van der Waals surface area contributed by atoms with Crippen LogP contribution in [0.15, 0.2) is 41.5 Å². The van der Waals surface area contributed by atoms with E-state index in [9.17, 15) is 8.42 Å². The molecule has 1 unspecified atom stereocenters. The van der Waals surface area contributed by atoms with E-state index in [1.54, 1.807) is 38.5 Å². The van der Waals surface area contributed by atoms with Crippen molar-refractivity contribution < 1.29 is 27.4 Å². The second kappa shape index (κ2) is 8.20. The molecule has 9 heteroatoms. The van der Waals surface area contributed by atoms with Gasteiger partial charge in [0.1, 0.15) is 11.5 Å². The van der Waals surface area contributed by atoms with Gasteiger partial charge >= 0.3 is 0 Å². The summed E-state index contributed by atoms with van der Waals surface area (Å²) in [6.07, 6.45) is 1.48. The average molecular weight is 420 g/mol. The highest BCUT2D eigenvalue weighted by Gasteiger charge is 2.37. The number of rotatable bonds is 7. The van der Waals surface area contributed by atoms with Crippen LogP contribution >= 0.6 is 0 Å². The predicted molar refractivity (Wildman–Crippen MR) is 110 cm³/mol. The van der Waals surface area contributed by atoms with Crippen LogP contribution in [0.1, 0.15) is 23.6 Å². The first-order chi connectivity index (χ1) is 13.8. The normalized spacial score (nSPS) is 16.4. The van der Waals surface area contributed by atoms with Crippen LogP contribution in [0.25, 0.3) is 0 Å². The number of methoxy groups -OCH3 is 4. The molecule has 29 heavy (non-hydrogen) atoms. The molecule has 0 bridgehead atoms. The first-order valence-corrected chi connectivity index (χ1v) is 10.7. The van der Waals surface area contributed by atoms with E-state index in [1.165, 1.54) is 14.2 Å². The summed E-state index contributed by atoms with van der Waals surface area (Å²) in [6, 6.07) is 10.1. The highest BCUT2D eigenvalue weighted by molar-refractivity contribution is 7.88. The van der Waals surface area contributed by atoms with Gasteiger partial charge < -0.3 is 18.9 Å². The zero-order valence-electron chi connectivity index (χ0n) is 17.0. The summed E-state index contributed by atoms with van der Waals surface area (Å²) in [5, 5.41) is 4.43. The average Bonchev–Trinajstić information content (AvgIpc) is 3.18. The summed E-state index contributed by atoms with van der Waals surface area (Å²) >= 11 is 0. The van der Waals surface area contributed by atoms with Crippen molar-refractivity contribution in [1.82, 2.24) is 4.41 Å². The van der Waals surface area contributed by atoms with E-state index in [1.807, 2.05) is 12.1 Å². The molecule has 0 aliphatic carbocycles. The van der Waals surface area contributed by atoms with Crippen molar-refractivity contribution >= 4 is 15.7 Å². The van der Waals surface area contributed by atoms with Crippen LogP contribution in [0.5, 0.6) is 23.0 Å². The fourth-order valence-electron chi connectivity index (χ4n) is 3.40. The van der Waals surface area contributed by atoms with E-state index in [0.29, 0.717) is 46.3 Å². The Morgan fingerprint density at radius 1 is 0.966 bits per heavy atom. The topological polar surface area (TPSA) is 86.7 Å². The standard InChI is InChI=1S/C20H24N2O6S/c1-25-13-9-10-14(19(11-13)27-3)16-12-17(22(21-16)29(5,23)24)15-7-6-8-18(26-2)20(15)28-4/h6-11,17H,12H2,1-5H3. The quantitative estimate of drug-likeness (QED) is 0.685. The lowest BCUT2D eigenvalue weighted by atomic mass is 9.97. The van der Waals surface area contributed by atoms with E-state index in [-0.39, 0.29) is 0 Å². The SMILES string of the molecule is COc1ccc(C2=NN(S(C)(=O)=O)C(c3cccc(OC)c3OC)C2)c(OC)c1. The predicted octanol–water partition coefficient (Wildman–Crippen LogP) is 2.83. The maximum absolute atomic E-state index is 12.5. The first-order valence-electron chi connectivity index (χ1n) is 8.84. The highest BCUT2D eigenvalue weighted by atomic mass is 32.2. The van der Waals surface area contributed by atoms with Crippen molar-refractivity contribution in [3.05, 3.63) is 47.5 Å². The zero-order chi connectivity index (χ0) is 21.2. The Morgan fingerprint density at radius 3 is 2.28 bits per heavy atom. The van der Waals surface area contributed by atoms with Crippen LogP contribution in [0.2, 0.25) is 0 Å². The van der Waals surface area contributed by atoms with Crippen LogP contribution in [0.3, 0.4) is 0 Å². The molecule has 0 N–H and O–H groups in total. The summed E-state index contributed by atoms with van der Waals surface area (Å²) in [4.78, 5) is 0. The Labute approximate surface area is 170 Å². The van der Waals surface area contributed by atoms with E-state index >= 15 is 0 Å². The van der Waals surface area contributed by atoms with E-state index in [0.717, 1.165) is 10.7 Å². The smallest absolute Gasteiger partial charge is 0.247 e. The number of hydrazone groups is 1. The van der Waals surface area contributed by atoms with Crippen LogP contribution in [-0.2, 0) is 10.0 Å². The fourth-order valence-corrected chi connectivity index (χ4v) is 4.30. The van der Waals surface area contributed by atoms with Crippen molar-refractivity contribution in [3.63, 3.8) is 0 Å². The van der Waals surface area contributed by atoms with E-state index < -0.39 is 16.1 Å². The number of hydrogen-bond acceptors (Lipinski definition) is 7. The Morgan fingerprint density at radius 2 is 1.69 bits per heavy atom. The molecule has 2 aromatic carbocycles. The number of hydrogen-bond donors (Lipinski definition) is 0. The van der Waals surface area contributed by atoms with Gasteiger partial charge in [0, 0.05) is 23.6 Å². The van der Waals surface area contributed by atoms with Crippen LogP contribution < -0.4 is 18.9 Å². The minimum atomic E-state index is -3.63. The van der Waals surface area contributed by atoms with Gasteiger partial charge in [0.05, 0.1) is 46.4 Å². The van der Waals surface area contributed by atoms with Gasteiger partial charge in [-0.05, 0) is 18.2 Å². The molecule has 0 saturated heterocycles. The Balaban J connectivity index is 2.10. The molecule has 0 aromatic heterocycles. The number of benzene rings is 2.